The third-order valence-electron chi connectivity index (χ3n) is 2.78. The van der Waals surface area contributed by atoms with Crippen molar-refractivity contribution in [2.75, 3.05) is 33.9 Å². The number of carboxylic acid groups (broad SMARTS) is 1. The first-order chi connectivity index (χ1) is 10.9. The minimum Gasteiger partial charge on any atom is -0.490 e. The number of benzene rings is 1. The monoisotopic (exact) mass is 338 g/mol. The number of nitriles is 1. The summed E-state index contributed by atoms with van der Waals surface area (Å²) in [5.74, 6) is -0.484. The number of rotatable bonds is 8. The quantitative estimate of drug-likeness (QED) is 0.579. The highest BCUT2D eigenvalue weighted by molar-refractivity contribution is 6.32. The summed E-state index contributed by atoms with van der Waals surface area (Å²) in [5.41, 5.74) is 0.0714. The molecule has 0 bridgehead atoms. The smallest absolute Gasteiger partial charge is 0.346 e. The molecule has 6 nitrogen and oxygen atoms in total. The number of hydrogen-bond donors (Lipinski definition) is 1. The molecule has 0 atom stereocenters. The van der Waals surface area contributed by atoms with Crippen LogP contribution in [0.2, 0.25) is 5.02 Å². The lowest BCUT2D eigenvalue weighted by atomic mass is 10.1. The molecule has 0 unspecified atom stereocenters. The van der Waals surface area contributed by atoms with E-state index in [9.17, 15) is 4.79 Å². The maximum absolute atomic E-state index is 10.9. The number of hydrogen-bond acceptors (Lipinski definition) is 5. The van der Waals surface area contributed by atoms with Crippen molar-refractivity contribution in [2.45, 2.75) is 6.92 Å². The van der Waals surface area contributed by atoms with Gasteiger partial charge in [-0.3, -0.25) is 0 Å². The molecule has 0 spiro atoms. The molecule has 0 aliphatic heterocycles. The minimum absolute atomic E-state index is 0.295. The first-order valence-electron chi connectivity index (χ1n) is 6.98. The van der Waals surface area contributed by atoms with E-state index >= 15 is 0 Å². The van der Waals surface area contributed by atoms with Crippen molar-refractivity contribution in [1.82, 2.24) is 4.90 Å². The fourth-order valence-corrected chi connectivity index (χ4v) is 1.99. The van der Waals surface area contributed by atoms with Crippen LogP contribution in [-0.2, 0) is 4.79 Å². The molecule has 0 heterocycles. The largest absolute Gasteiger partial charge is 0.490 e. The van der Waals surface area contributed by atoms with Crippen molar-refractivity contribution >= 4 is 23.6 Å². The van der Waals surface area contributed by atoms with Gasteiger partial charge in [-0.2, -0.15) is 5.26 Å². The predicted octanol–water partition coefficient (Wildman–Crippen LogP) is 2.67. The number of aliphatic carboxylic acids is 1. The summed E-state index contributed by atoms with van der Waals surface area (Å²) in [5, 5.41) is 18.0. The van der Waals surface area contributed by atoms with Gasteiger partial charge in [-0.05, 0) is 44.8 Å². The van der Waals surface area contributed by atoms with E-state index in [-0.39, 0.29) is 5.57 Å². The maximum Gasteiger partial charge on any atom is 0.346 e. The highest BCUT2D eigenvalue weighted by Crippen LogP contribution is 2.37. The molecule has 124 valence electrons. The number of ether oxygens (including phenoxy) is 2. The average molecular weight is 339 g/mol. The van der Waals surface area contributed by atoms with E-state index in [1.165, 1.54) is 12.1 Å². The van der Waals surface area contributed by atoms with Crippen LogP contribution in [0.5, 0.6) is 11.5 Å². The summed E-state index contributed by atoms with van der Waals surface area (Å²) in [7, 11) is 3.86. The molecule has 0 saturated carbocycles. The van der Waals surface area contributed by atoms with Crippen molar-refractivity contribution in [3.8, 4) is 17.6 Å². The van der Waals surface area contributed by atoms with Crippen molar-refractivity contribution in [3.63, 3.8) is 0 Å². The van der Waals surface area contributed by atoms with Gasteiger partial charge in [-0.25, -0.2) is 4.79 Å². The summed E-state index contributed by atoms with van der Waals surface area (Å²) in [6, 6.07) is 4.76. The van der Waals surface area contributed by atoms with Gasteiger partial charge >= 0.3 is 5.97 Å². The van der Waals surface area contributed by atoms with Gasteiger partial charge < -0.3 is 19.5 Å². The molecule has 0 aromatic heterocycles. The van der Waals surface area contributed by atoms with Gasteiger partial charge in [0.2, 0.25) is 0 Å². The predicted molar refractivity (Wildman–Crippen MR) is 87.9 cm³/mol. The topological polar surface area (TPSA) is 82.8 Å². The SMILES string of the molecule is CCOc1cc(C=C(C#N)C(=O)O)cc(Cl)c1OCCN(C)C. The molecule has 7 heteroatoms. The van der Waals surface area contributed by atoms with E-state index in [1.54, 1.807) is 12.1 Å². The van der Waals surface area contributed by atoms with Gasteiger partial charge in [0, 0.05) is 6.54 Å². The Morgan fingerprint density at radius 1 is 1.43 bits per heavy atom. The lowest BCUT2D eigenvalue weighted by molar-refractivity contribution is -0.132. The fourth-order valence-electron chi connectivity index (χ4n) is 1.71. The Hall–Kier alpha value is -2.23. The molecule has 1 aromatic rings. The first kappa shape index (κ1) is 18.8. The summed E-state index contributed by atoms with van der Waals surface area (Å²) in [6.45, 7) is 3.36. The minimum atomic E-state index is -1.30. The van der Waals surface area contributed by atoms with Gasteiger partial charge in [-0.1, -0.05) is 11.6 Å². The number of carbonyl (C=O) groups is 1. The Labute approximate surface area is 140 Å². The molecule has 1 rings (SSSR count). The van der Waals surface area contributed by atoms with E-state index in [2.05, 4.69) is 0 Å². The van der Waals surface area contributed by atoms with Crippen LogP contribution in [0.1, 0.15) is 12.5 Å². The number of nitrogens with zero attached hydrogens (tertiary/aromatic N) is 2. The maximum atomic E-state index is 10.9. The van der Waals surface area contributed by atoms with Crippen LogP contribution >= 0.6 is 11.6 Å². The van der Waals surface area contributed by atoms with Gasteiger partial charge in [0.1, 0.15) is 18.2 Å². The molecule has 0 aliphatic rings. The highest BCUT2D eigenvalue weighted by Gasteiger charge is 2.14. The molecule has 0 saturated heterocycles. The van der Waals surface area contributed by atoms with Crippen LogP contribution in [0.25, 0.3) is 6.08 Å². The first-order valence-corrected chi connectivity index (χ1v) is 7.35. The highest BCUT2D eigenvalue weighted by atomic mass is 35.5. The summed E-state index contributed by atoms with van der Waals surface area (Å²) in [4.78, 5) is 12.9. The van der Waals surface area contributed by atoms with Gasteiger partial charge in [0.15, 0.2) is 11.5 Å². The second kappa shape index (κ2) is 9.03. The lowest BCUT2D eigenvalue weighted by Crippen LogP contribution is -2.19. The Bertz CT molecular complexity index is 636. The number of likely N-dealkylation sites (N-methyl/N-ethyl adjacent to an activating group) is 1. The van der Waals surface area contributed by atoms with Crippen LogP contribution < -0.4 is 9.47 Å². The molecule has 0 aliphatic carbocycles. The van der Waals surface area contributed by atoms with Gasteiger partial charge in [0.05, 0.1) is 11.6 Å². The normalized spacial score (nSPS) is 11.2. The Kier molecular flexibility index (Phi) is 7.39. The standard InChI is InChI=1S/C16H19ClN2O4/c1-4-22-14-9-11(7-12(10-18)16(20)21)8-13(17)15(14)23-6-5-19(2)3/h7-9H,4-6H2,1-3H3,(H,20,21). The summed E-state index contributed by atoms with van der Waals surface area (Å²) < 4.78 is 11.2. The zero-order chi connectivity index (χ0) is 17.4. The van der Waals surface area contributed by atoms with Gasteiger partial charge in [-0.15, -0.1) is 0 Å². The van der Waals surface area contributed by atoms with E-state index in [4.69, 9.17) is 31.4 Å². The van der Waals surface area contributed by atoms with Crippen molar-refractivity contribution in [2.24, 2.45) is 0 Å². The van der Waals surface area contributed by atoms with Crippen molar-refractivity contribution in [3.05, 3.63) is 28.3 Å². The molecule has 1 N–H and O–H groups in total. The summed E-state index contributed by atoms with van der Waals surface area (Å²) in [6.07, 6.45) is 1.24. The van der Waals surface area contributed by atoms with E-state index in [1.807, 2.05) is 25.9 Å². The fraction of sp³-hybridized carbons (Fsp3) is 0.375. The van der Waals surface area contributed by atoms with Gasteiger partial charge in [0.25, 0.3) is 0 Å². The second-order valence-electron chi connectivity index (χ2n) is 4.89. The molecule has 23 heavy (non-hydrogen) atoms. The second-order valence-corrected chi connectivity index (χ2v) is 5.30. The van der Waals surface area contributed by atoms with Crippen LogP contribution in [0.15, 0.2) is 17.7 Å². The van der Waals surface area contributed by atoms with Crippen molar-refractivity contribution < 1.29 is 19.4 Å². The molecule has 0 amide bonds. The molecule has 1 aromatic carbocycles. The van der Waals surface area contributed by atoms with Crippen LogP contribution in [0.3, 0.4) is 0 Å². The zero-order valence-electron chi connectivity index (χ0n) is 13.3. The van der Waals surface area contributed by atoms with Crippen LogP contribution in [-0.4, -0.2) is 49.8 Å². The number of halogens is 1. The van der Waals surface area contributed by atoms with Crippen molar-refractivity contribution in [1.29, 1.82) is 5.26 Å². The lowest BCUT2D eigenvalue weighted by Gasteiger charge is -2.16. The molecular formula is C16H19ClN2O4. The Morgan fingerprint density at radius 3 is 2.65 bits per heavy atom. The van der Waals surface area contributed by atoms with E-state index in [0.717, 1.165) is 0 Å². The third kappa shape index (κ3) is 5.81. The average Bonchev–Trinajstić information content (AvgIpc) is 2.47. The van der Waals surface area contributed by atoms with Crippen LogP contribution in [0, 0.1) is 11.3 Å². The third-order valence-corrected chi connectivity index (χ3v) is 3.06. The molecule has 0 radical (unpaired) electrons. The van der Waals surface area contributed by atoms with E-state index in [0.29, 0.717) is 41.8 Å². The molecular weight excluding hydrogens is 320 g/mol. The summed E-state index contributed by atoms with van der Waals surface area (Å²) >= 11 is 6.21. The Morgan fingerprint density at radius 2 is 2.13 bits per heavy atom. The molecule has 0 fully saturated rings. The van der Waals surface area contributed by atoms with E-state index < -0.39 is 5.97 Å². The zero-order valence-corrected chi connectivity index (χ0v) is 14.1. The number of carboxylic acids is 1. The Balaban J connectivity index is 3.15. The van der Waals surface area contributed by atoms with Crippen LogP contribution in [0.4, 0.5) is 0 Å².